The molecule has 0 aromatic carbocycles. The highest BCUT2D eigenvalue weighted by Crippen LogP contribution is 2.08. The molecule has 56 valence electrons. The van der Waals surface area contributed by atoms with Crippen LogP contribution in [0.1, 0.15) is 6.92 Å². The summed E-state index contributed by atoms with van der Waals surface area (Å²) in [7, 11) is 1.45. The van der Waals surface area contributed by atoms with Crippen molar-refractivity contribution in [1.82, 2.24) is 0 Å². The molecule has 0 spiro atoms. The van der Waals surface area contributed by atoms with Crippen molar-refractivity contribution in [3.63, 3.8) is 0 Å². The van der Waals surface area contributed by atoms with Crippen molar-refractivity contribution in [2.45, 2.75) is 19.3 Å². The number of hydrogen-bond donors (Lipinski definition) is 0. The number of methoxy groups -OCH3 is 1. The van der Waals surface area contributed by atoms with E-state index in [2.05, 4.69) is 0 Å². The van der Waals surface area contributed by atoms with Gasteiger partial charge in [0.1, 0.15) is 0 Å². The molecule has 1 aliphatic rings. The lowest BCUT2D eigenvalue weighted by Crippen LogP contribution is -2.31. The summed E-state index contributed by atoms with van der Waals surface area (Å²) in [5, 5.41) is 0. The molecule has 0 unspecified atom stereocenters. The zero-order valence-corrected chi connectivity index (χ0v) is 6.03. The van der Waals surface area contributed by atoms with Crippen LogP contribution >= 0.6 is 0 Å². The Balaban J connectivity index is 2.62. The predicted molar refractivity (Wildman–Crippen MR) is 35.5 cm³/mol. The van der Waals surface area contributed by atoms with Crippen LogP contribution in [0, 0.1) is 0 Å². The van der Waals surface area contributed by atoms with E-state index in [0.29, 0.717) is 0 Å². The standard InChI is InChI=1S/C7H10O3/c1-5-3-4-6(8)7(9-2)10-5/h3-5,7H,1-2H3/t5-,7-/m1/s1. The van der Waals surface area contributed by atoms with Crippen molar-refractivity contribution in [2.75, 3.05) is 7.11 Å². The first kappa shape index (κ1) is 7.44. The second-order valence-corrected chi connectivity index (χ2v) is 2.17. The fourth-order valence-corrected chi connectivity index (χ4v) is 0.788. The SMILES string of the molecule is CO[C@@H]1O[C@H](C)C=CC1=O. The van der Waals surface area contributed by atoms with Gasteiger partial charge in [0.2, 0.25) is 12.1 Å². The molecule has 0 aromatic rings. The monoisotopic (exact) mass is 142 g/mol. The average molecular weight is 142 g/mol. The van der Waals surface area contributed by atoms with E-state index < -0.39 is 6.29 Å². The Morgan fingerprint density at radius 1 is 1.70 bits per heavy atom. The van der Waals surface area contributed by atoms with Gasteiger partial charge in [-0.15, -0.1) is 0 Å². The molecule has 0 aromatic heterocycles. The van der Waals surface area contributed by atoms with Crippen molar-refractivity contribution in [3.05, 3.63) is 12.2 Å². The molecule has 0 amide bonds. The van der Waals surface area contributed by atoms with Crippen LogP contribution < -0.4 is 0 Å². The van der Waals surface area contributed by atoms with Crippen LogP contribution in [0.25, 0.3) is 0 Å². The summed E-state index contributed by atoms with van der Waals surface area (Å²) in [6.07, 6.45) is 2.47. The molecule has 1 heterocycles. The van der Waals surface area contributed by atoms with Crippen LogP contribution in [0.15, 0.2) is 12.2 Å². The molecule has 3 heteroatoms. The summed E-state index contributed by atoms with van der Waals surface area (Å²) in [5.74, 6) is -0.124. The van der Waals surface area contributed by atoms with Crippen LogP contribution in [0.2, 0.25) is 0 Å². The molecule has 0 saturated carbocycles. The maximum absolute atomic E-state index is 10.8. The van der Waals surface area contributed by atoms with E-state index in [1.807, 2.05) is 6.92 Å². The Morgan fingerprint density at radius 2 is 2.40 bits per heavy atom. The maximum Gasteiger partial charge on any atom is 0.222 e. The van der Waals surface area contributed by atoms with Gasteiger partial charge in [0.15, 0.2) is 0 Å². The molecule has 0 aliphatic carbocycles. The highest BCUT2D eigenvalue weighted by atomic mass is 16.7. The number of hydrogen-bond acceptors (Lipinski definition) is 3. The van der Waals surface area contributed by atoms with Gasteiger partial charge in [0.05, 0.1) is 6.10 Å². The lowest BCUT2D eigenvalue weighted by atomic mass is 10.2. The Morgan fingerprint density at radius 3 is 2.90 bits per heavy atom. The Labute approximate surface area is 59.6 Å². The van der Waals surface area contributed by atoms with Crippen molar-refractivity contribution < 1.29 is 14.3 Å². The van der Waals surface area contributed by atoms with E-state index in [1.165, 1.54) is 13.2 Å². The minimum Gasteiger partial charge on any atom is -0.349 e. The molecular formula is C7H10O3. The summed E-state index contributed by atoms with van der Waals surface area (Å²) in [6, 6.07) is 0. The lowest BCUT2D eigenvalue weighted by Gasteiger charge is -2.20. The first-order valence-electron chi connectivity index (χ1n) is 3.14. The van der Waals surface area contributed by atoms with Gasteiger partial charge in [-0.2, -0.15) is 0 Å². The third-order valence-electron chi connectivity index (χ3n) is 1.32. The molecular weight excluding hydrogens is 132 g/mol. The van der Waals surface area contributed by atoms with Gasteiger partial charge in [-0.1, -0.05) is 6.08 Å². The normalized spacial score (nSPS) is 32.8. The molecule has 2 atom stereocenters. The van der Waals surface area contributed by atoms with E-state index in [9.17, 15) is 4.79 Å². The van der Waals surface area contributed by atoms with Gasteiger partial charge in [-0.05, 0) is 13.0 Å². The minimum atomic E-state index is -0.694. The van der Waals surface area contributed by atoms with E-state index in [-0.39, 0.29) is 11.9 Å². The Bertz CT molecular complexity index is 162. The van der Waals surface area contributed by atoms with Crippen molar-refractivity contribution in [3.8, 4) is 0 Å². The molecule has 1 rings (SSSR count). The summed E-state index contributed by atoms with van der Waals surface area (Å²) in [6.45, 7) is 1.86. The van der Waals surface area contributed by atoms with E-state index in [4.69, 9.17) is 9.47 Å². The van der Waals surface area contributed by atoms with Crippen LogP contribution in [0.3, 0.4) is 0 Å². The van der Waals surface area contributed by atoms with Crippen LogP contribution in [0.4, 0.5) is 0 Å². The highest BCUT2D eigenvalue weighted by molar-refractivity contribution is 5.93. The number of ketones is 1. The van der Waals surface area contributed by atoms with Gasteiger partial charge in [-0.25, -0.2) is 0 Å². The first-order chi connectivity index (χ1) is 4.74. The first-order valence-corrected chi connectivity index (χ1v) is 3.14. The number of rotatable bonds is 1. The van der Waals surface area contributed by atoms with Crippen LogP contribution in [0.5, 0.6) is 0 Å². The second kappa shape index (κ2) is 2.94. The zero-order valence-electron chi connectivity index (χ0n) is 6.03. The van der Waals surface area contributed by atoms with Gasteiger partial charge in [0.25, 0.3) is 0 Å². The van der Waals surface area contributed by atoms with Crippen LogP contribution in [-0.2, 0) is 14.3 Å². The van der Waals surface area contributed by atoms with E-state index >= 15 is 0 Å². The smallest absolute Gasteiger partial charge is 0.222 e. The average Bonchev–Trinajstić information content (AvgIpc) is 1.94. The van der Waals surface area contributed by atoms with Gasteiger partial charge >= 0.3 is 0 Å². The van der Waals surface area contributed by atoms with Crippen LogP contribution in [-0.4, -0.2) is 25.3 Å². The highest BCUT2D eigenvalue weighted by Gasteiger charge is 2.21. The quantitative estimate of drug-likeness (QED) is 0.535. The number of carbonyl (C=O) groups excluding carboxylic acids is 1. The minimum absolute atomic E-state index is 0.0253. The van der Waals surface area contributed by atoms with Crippen molar-refractivity contribution in [2.24, 2.45) is 0 Å². The topological polar surface area (TPSA) is 35.5 Å². The summed E-state index contributed by atoms with van der Waals surface area (Å²) >= 11 is 0. The van der Waals surface area contributed by atoms with Gasteiger partial charge in [-0.3, -0.25) is 4.79 Å². The molecule has 1 aliphatic heterocycles. The Hall–Kier alpha value is -0.670. The summed E-state index contributed by atoms with van der Waals surface area (Å²) in [5.41, 5.74) is 0. The molecule has 0 saturated heterocycles. The van der Waals surface area contributed by atoms with E-state index in [1.54, 1.807) is 6.08 Å². The maximum atomic E-state index is 10.8. The number of carbonyl (C=O) groups is 1. The zero-order chi connectivity index (χ0) is 7.56. The third-order valence-corrected chi connectivity index (χ3v) is 1.32. The third kappa shape index (κ3) is 1.43. The predicted octanol–water partition coefficient (Wildman–Crippen LogP) is 0.503. The fourth-order valence-electron chi connectivity index (χ4n) is 0.788. The van der Waals surface area contributed by atoms with E-state index in [0.717, 1.165) is 0 Å². The number of ether oxygens (including phenoxy) is 2. The molecule has 3 nitrogen and oxygen atoms in total. The molecule has 0 N–H and O–H groups in total. The molecule has 0 fully saturated rings. The lowest BCUT2D eigenvalue weighted by molar-refractivity contribution is -0.167. The van der Waals surface area contributed by atoms with Crippen molar-refractivity contribution in [1.29, 1.82) is 0 Å². The fraction of sp³-hybridized carbons (Fsp3) is 0.571. The Kier molecular flexibility index (Phi) is 2.19. The summed E-state index contributed by atoms with van der Waals surface area (Å²) in [4.78, 5) is 10.8. The second-order valence-electron chi connectivity index (χ2n) is 2.17. The molecule has 0 radical (unpaired) electrons. The molecule has 0 bridgehead atoms. The van der Waals surface area contributed by atoms with Gasteiger partial charge < -0.3 is 9.47 Å². The van der Waals surface area contributed by atoms with Gasteiger partial charge in [0, 0.05) is 7.11 Å². The largest absolute Gasteiger partial charge is 0.349 e. The molecule has 10 heavy (non-hydrogen) atoms. The van der Waals surface area contributed by atoms with Crippen molar-refractivity contribution >= 4 is 5.78 Å². The summed E-state index contributed by atoms with van der Waals surface area (Å²) < 4.78 is 9.84.